The fourth-order valence-electron chi connectivity index (χ4n) is 1.22. The zero-order valence-corrected chi connectivity index (χ0v) is 11.1. The highest BCUT2D eigenvalue weighted by Gasteiger charge is 2.30. The number of carboxylic acid groups (broad SMARTS) is 1. The summed E-state index contributed by atoms with van der Waals surface area (Å²) in [7, 11) is 1.67. The molecule has 1 atom stereocenters. The number of carbonyl (C=O) groups is 1. The van der Waals surface area contributed by atoms with Crippen LogP contribution in [-0.4, -0.2) is 35.9 Å². The summed E-state index contributed by atoms with van der Waals surface area (Å²) in [5, 5.41) is 11.9. The van der Waals surface area contributed by atoms with Crippen LogP contribution in [0.15, 0.2) is 0 Å². The summed E-state index contributed by atoms with van der Waals surface area (Å²) in [5.74, 6) is -0.815. The Labute approximate surface area is 98.4 Å². The molecular weight excluding hydrogens is 206 g/mol. The first-order chi connectivity index (χ1) is 7.27. The van der Waals surface area contributed by atoms with Gasteiger partial charge in [-0.3, -0.25) is 4.79 Å². The number of hydrogen-bond donors (Lipinski definition) is 2. The Balaban J connectivity index is 3.94. The minimum atomic E-state index is -0.848. The lowest BCUT2D eigenvalue weighted by Crippen LogP contribution is -2.47. The average Bonchev–Trinajstić information content (AvgIpc) is 2.24. The third-order valence-electron chi connectivity index (χ3n) is 3.19. The predicted molar refractivity (Wildman–Crippen MR) is 64.7 cm³/mol. The van der Waals surface area contributed by atoms with Crippen LogP contribution in [0, 0.1) is 0 Å². The molecule has 0 saturated heterocycles. The zero-order valence-electron chi connectivity index (χ0n) is 11.1. The molecule has 0 aliphatic rings. The van der Waals surface area contributed by atoms with E-state index in [0.717, 1.165) is 12.8 Å². The number of likely N-dealkylation sites (N-methyl/N-ethyl adjacent to an activating group) is 1. The highest BCUT2D eigenvalue weighted by atomic mass is 16.5. The lowest BCUT2D eigenvalue weighted by atomic mass is 9.96. The van der Waals surface area contributed by atoms with Gasteiger partial charge >= 0.3 is 5.97 Å². The Hall–Kier alpha value is -0.610. The van der Waals surface area contributed by atoms with Gasteiger partial charge in [0.2, 0.25) is 0 Å². The first-order valence-electron chi connectivity index (χ1n) is 5.83. The molecule has 4 heteroatoms. The molecule has 0 radical (unpaired) electrons. The molecule has 0 aliphatic carbocycles. The van der Waals surface area contributed by atoms with E-state index in [4.69, 9.17) is 9.84 Å². The van der Waals surface area contributed by atoms with E-state index in [9.17, 15) is 4.79 Å². The number of rotatable bonds is 8. The van der Waals surface area contributed by atoms with Gasteiger partial charge in [0.05, 0.1) is 5.60 Å². The third-order valence-corrected chi connectivity index (χ3v) is 3.19. The summed E-state index contributed by atoms with van der Waals surface area (Å²) >= 11 is 0. The van der Waals surface area contributed by atoms with Crippen LogP contribution in [-0.2, 0) is 9.53 Å². The fraction of sp³-hybridized carbons (Fsp3) is 0.917. The minimum absolute atomic E-state index is 0.112. The number of aliphatic carboxylic acids is 1. The molecule has 0 heterocycles. The van der Waals surface area contributed by atoms with Crippen LogP contribution in [0.3, 0.4) is 0 Å². The van der Waals surface area contributed by atoms with E-state index in [-0.39, 0.29) is 5.60 Å². The van der Waals surface area contributed by atoms with Gasteiger partial charge in [-0.25, -0.2) is 0 Å². The van der Waals surface area contributed by atoms with Gasteiger partial charge in [0.25, 0.3) is 0 Å². The number of carboxylic acids is 1. The largest absolute Gasteiger partial charge is 0.480 e. The summed E-state index contributed by atoms with van der Waals surface area (Å²) < 4.78 is 5.68. The summed E-state index contributed by atoms with van der Waals surface area (Å²) in [4.78, 5) is 11.0. The van der Waals surface area contributed by atoms with Crippen molar-refractivity contribution >= 4 is 5.97 Å². The molecule has 1 unspecified atom stereocenters. The second kappa shape index (κ2) is 6.21. The van der Waals surface area contributed by atoms with Gasteiger partial charge in [0.1, 0.15) is 5.54 Å². The summed E-state index contributed by atoms with van der Waals surface area (Å²) in [5.41, 5.74) is -0.959. The van der Waals surface area contributed by atoms with Crippen molar-refractivity contribution in [2.45, 2.75) is 58.1 Å². The first-order valence-corrected chi connectivity index (χ1v) is 5.83. The third kappa shape index (κ3) is 4.94. The quantitative estimate of drug-likeness (QED) is 0.628. The second-order valence-corrected chi connectivity index (χ2v) is 4.95. The Morgan fingerprint density at radius 2 is 1.94 bits per heavy atom. The normalized spacial score (nSPS) is 15.8. The zero-order chi connectivity index (χ0) is 12.8. The summed E-state index contributed by atoms with van der Waals surface area (Å²) in [6.07, 6.45) is 2.26. The lowest BCUT2D eigenvalue weighted by Gasteiger charge is -2.26. The van der Waals surface area contributed by atoms with Crippen molar-refractivity contribution in [2.75, 3.05) is 13.7 Å². The Kier molecular flexibility index (Phi) is 5.97. The molecule has 0 saturated carbocycles. The van der Waals surface area contributed by atoms with Crippen molar-refractivity contribution in [3.05, 3.63) is 0 Å². The van der Waals surface area contributed by atoms with E-state index in [2.05, 4.69) is 12.2 Å². The molecule has 0 fully saturated rings. The molecule has 0 aromatic carbocycles. The molecule has 0 aliphatic heterocycles. The molecule has 0 spiro atoms. The first kappa shape index (κ1) is 15.4. The maximum Gasteiger partial charge on any atom is 0.323 e. The minimum Gasteiger partial charge on any atom is -0.480 e. The van der Waals surface area contributed by atoms with E-state index < -0.39 is 11.5 Å². The average molecular weight is 231 g/mol. The van der Waals surface area contributed by atoms with Crippen LogP contribution in [0.1, 0.15) is 47.0 Å². The van der Waals surface area contributed by atoms with Gasteiger partial charge in [0.15, 0.2) is 0 Å². The van der Waals surface area contributed by atoms with Gasteiger partial charge in [-0.05, 0) is 47.1 Å². The van der Waals surface area contributed by atoms with E-state index in [1.54, 1.807) is 14.0 Å². The van der Waals surface area contributed by atoms with Crippen LogP contribution < -0.4 is 5.32 Å². The second-order valence-electron chi connectivity index (χ2n) is 4.95. The number of ether oxygens (including phenoxy) is 1. The van der Waals surface area contributed by atoms with Gasteiger partial charge < -0.3 is 15.2 Å². The van der Waals surface area contributed by atoms with Crippen LogP contribution in [0.25, 0.3) is 0 Å². The molecule has 4 nitrogen and oxygen atoms in total. The van der Waals surface area contributed by atoms with E-state index >= 15 is 0 Å². The van der Waals surface area contributed by atoms with Crippen molar-refractivity contribution in [1.82, 2.24) is 5.32 Å². The maximum absolute atomic E-state index is 11.0. The van der Waals surface area contributed by atoms with Crippen LogP contribution in [0.4, 0.5) is 0 Å². The van der Waals surface area contributed by atoms with Gasteiger partial charge in [0, 0.05) is 6.61 Å². The Morgan fingerprint density at radius 3 is 2.31 bits per heavy atom. The topological polar surface area (TPSA) is 58.6 Å². The predicted octanol–water partition coefficient (Wildman–Crippen LogP) is 2.03. The smallest absolute Gasteiger partial charge is 0.323 e. The van der Waals surface area contributed by atoms with Crippen LogP contribution in [0.5, 0.6) is 0 Å². The molecule has 96 valence electrons. The maximum atomic E-state index is 11.0. The van der Waals surface area contributed by atoms with Crippen molar-refractivity contribution in [3.63, 3.8) is 0 Å². The molecule has 0 aromatic rings. The molecule has 0 bridgehead atoms. The SMILES string of the molecule is CCC(C)(C)OCCCC(C)(NC)C(=O)O. The van der Waals surface area contributed by atoms with E-state index in [1.165, 1.54) is 0 Å². The summed E-state index contributed by atoms with van der Waals surface area (Å²) in [6.45, 7) is 8.46. The van der Waals surface area contributed by atoms with Gasteiger partial charge in [-0.2, -0.15) is 0 Å². The highest BCUT2D eigenvalue weighted by Crippen LogP contribution is 2.16. The molecule has 0 amide bonds. The van der Waals surface area contributed by atoms with Crippen molar-refractivity contribution in [3.8, 4) is 0 Å². The fourth-order valence-corrected chi connectivity index (χ4v) is 1.22. The number of nitrogens with one attached hydrogen (secondary N) is 1. The molecule has 0 aromatic heterocycles. The van der Waals surface area contributed by atoms with Crippen LogP contribution in [0.2, 0.25) is 0 Å². The number of hydrogen-bond acceptors (Lipinski definition) is 3. The van der Waals surface area contributed by atoms with E-state index in [1.807, 2.05) is 13.8 Å². The molecular formula is C12H25NO3. The lowest BCUT2D eigenvalue weighted by molar-refractivity contribution is -0.144. The Bertz CT molecular complexity index is 228. The highest BCUT2D eigenvalue weighted by molar-refractivity contribution is 5.78. The van der Waals surface area contributed by atoms with Crippen molar-refractivity contribution in [2.24, 2.45) is 0 Å². The van der Waals surface area contributed by atoms with Gasteiger partial charge in [-0.1, -0.05) is 6.92 Å². The monoisotopic (exact) mass is 231 g/mol. The van der Waals surface area contributed by atoms with Crippen molar-refractivity contribution < 1.29 is 14.6 Å². The van der Waals surface area contributed by atoms with Crippen molar-refractivity contribution in [1.29, 1.82) is 0 Å². The Morgan fingerprint density at radius 1 is 1.38 bits per heavy atom. The molecule has 16 heavy (non-hydrogen) atoms. The molecule has 2 N–H and O–H groups in total. The standard InChI is InChI=1S/C12H25NO3/c1-6-11(2,3)16-9-7-8-12(4,13-5)10(14)15/h13H,6-9H2,1-5H3,(H,14,15). The van der Waals surface area contributed by atoms with E-state index in [0.29, 0.717) is 13.0 Å². The van der Waals surface area contributed by atoms with Crippen LogP contribution >= 0.6 is 0 Å². The summed E-state index contributed by atoms with van der Waals surface area (Å²) in [6, 6.07) is 0. The molecule has 0 rings (SSSR count). The van der Waals surface area contributed by atoms with Gasteiger partial charge in [-0.15, -0.1) is 0 Å².